The highest BCUT2D eigenvalue weighted by molar-refractivity contribution is 7.20. The lowest BCUT2D eigenvalue weighted by Gasteiger charge is -2.34. The Kier molecular flexibility index (Phi) is 5.97. The summed E-state index contributed by atoms with van der Waals surface area (Å²) in [5, 5.41) is 9.39. The first-order valence-electron chi connectivity index (χ1n) is 11.1. The zero-order chi connectivity index (χ0) is 22.1. The first kappa shape index (κ1) is 21.1. The Hall–Kier alpha value is -2.72. The Morgan fingerprint density at radius 1 is 1.25 bits per heavy atom. The van der Waals surface area contributed by atoms with Crippen LogP contribution >= 0.6 is 11.3 Å². The summed E-state index contributed by atoms with van der Waals surface area (Å²) in [5.41, 5.74) is 1.48. The molecule has 1 aliphatic carbocycles. The molecule has 1 aliphatic heterocycles. The Morgan fingerprint density at radius 3 is 2.75 bits per heavy atom. The molecule has 2 fully saturated rings. The van der Waals surface area contributed by atoms with Crippen LogP contribution in [0, 0.1) is 5.82 Å². The van der Waals surface area contributed by atoms with E-state index in [0.29, 0.717) is 32.2 Å². The van der Waals surface area contributed by atoms with Gasteiger partial charge in [-0.15, -0.1) is 5.10 Å². The van der Waals surface area contributed by atoms with Crippen LogP contribution in [0.5, 0.6) is 0 Å². The number of piperazine rings is 1. The molecular weight excluding hydrogens is 431 g/mol. The molecule has 2 aromatic heterocycles. The molecular formula is C22H27FN6O2S. The molecule has 1 aromatic carbocycles. The van der Waals surface area contributed by atoms with Crippen molar-refractivity contribution in [3.05, 3.63) is 30.1 Å². The largest absolute Gasteiger partial charge is 0.375 e. The molecule has 1 saturated carbocycles. The van der Waals surface area contributed by atoms with E-state index in [0.717, 1.165) is 40.0 Å². The summed E-state index contributed by atoms with van der Waals surface area (Å²) >= 11 is 1.52. The zero-order valence-electron chi connectivity index (χ0n) is 18.1. The van der Waals surface area contributed by atoms with Gasteiger partial charge in [0.2, 0.25) is 16.0 Å². The highest BCUT2D eigenvalue weighted by Gasteiger charge is 2.26. The minimum atomic E-state index is -0.278. The number of amides is 1. The molecule has 32 heavy (non-hydrogen) atoms. The molecule has 3 aromatic rings. The standard InChI is InChI=1S/C22H27FN6O2S/c1-31-14-18(30)27-9-11-28(12-10-27)22-26-29-20(24-17-7-2-3-8-17)19(25-21(29)32-22)15-5-4-6-16(23)13-15/h4-6,13,17,24H,2-3,7-12,14H2,1H3. The molecule has 1 N–H and O–H groups in total. The number of nitrogens with one attached hydrogen (secondary N) is 1. The number of imidazole rings is 1. The van der Waals surface area contributed by atoms with Crippen molar-refractivity contribution in [1.82, 2.24) is 19.5 Å². The molecule has 5 rings (SSSR count). The van der Waals surface area contributed by atoms with Crippen LogP contribution in [0.2, 0.25) is 0 Å². The first-order chi connectivity index (χ1) is 15.6. The predicted molar refractivity (Wildman–Crippen MR) is 123 cm³/mol. The van der Waals surface area contributed by atoms with Crippen molar-refractivity contribution in [3.63, 3.8) is 0 Å². The van der Waals surface area contributed by atoms with Gasteiger partial charge >= 0.3 is 0 Å². The molecule has 10 heteroatoms. The van der Waals surface area contributed by atoms with E-state index in [1.807, 2.05) is 15.5 Å². The fourth-order valence-corrected chi connectivity index (χ4v) is 5.41. The average molecular weight is 459 g/mol. The van der Waals surface area contributed by atoms with Crippen molar-refractivity contribution in [2.45, 2.75) is 31.7 Å². The zero-order valence-corrected chi connectivity index (χ0v) is 18.9. The topological polar surface area (TPSA) is 75.0 Å². The van der Waals surface area contributed by atoms with Gasteiger partial charge in [-0.3, -0.25) is 4.79 Å². The smallest absolute Gasteiger partial charge is 0.248 e. The first-order valence-corrected chi connectivity index (χ1v) is 11.9. The van der Waals surface area contributed by atoms with Crippen LogP contribution in [0.4, 0.5) is 15.3 Å². The number of benzene rings is 1. The SMILES string of the molecule is COCC(=O)N1CCN(c2nn3c(NC4CCCC4)c(-c4cccc(F)c4)nc3s2)CC1. The van der Waals surface area contributed by atoms with Crippen LogP contribution in [-0.4, -0.2) is 71.3 Å². The van der Waals surface area contributed by atoms with Gasteiger partial charge in [0, 0.05) is 44.9 Å². The fourth-order valence-electron chi connectivity index (χ4n) is 4.46. The molecule has 0 radical (unpaired) electrons. The number of carbonyl (C=O) groups excluding carboxylic acids is 1. The summed E-state index contributed by atoms with van der Waals surface area (Å²) in [7, 11) is 1.54. The fraction of sp³-hybridized carbons (Fsp3) is 0.500. The highest BCUT2D eigenvalue weighted by Crippen LogP contribution is 2.35. The van der Waals surface area contributed by atoms with Crippen molar-refractivity contribution in [3.8, 4) is 11.3 Å². The number of rotatable bonds is 6. The number of nitrogens with zero attached hydrogens (tertiary/aromatic N) is 5. The summed E-state index contributed by atoms with van der Waals surface area (Å²) in [6.07, 6.45) is 4.65. The van der Waals surface area contributed by atoms with Gasteiger partial charge in [0.25, 0.3) is 0 Å². The van der Waals surface area contributed by atoms with Gasteiger partial charge < -0.3 is 19.9 Å². The van der Waals surface area contributed by atoms with E-state index < -0.39 is 0 Å². The Labute approximate surface area is 190 Å². The van der Waals surface area contributed by atoms with Crippen LogP contribution < -0.4 is 10.2 Å². The number of hydrogen-bond donors (Lipinski definition) is 1. The number of ether oxygens (including phenoxy) is 1. The number of aromatic nitrogens is 3. The van der Waals surface area contributed by atoms with E-state index in [9.17, 15) is 9.18 Å². The molecule has 1 amide bonds. The van der Waals surface area contributed by atoms with Gasteiger partial charge in [-0.1, -0.05) is 36.3 Å². The lowest BCUT2D eigenvalue weighted by atomic mass is 10.1. The molecule has 2 aliphatic rings. The predicted octanol–water partition coefficient (Wildman–Crippen LogP) is 3.25. The third-order valence-corrected chi connectivity index (χ3v) is 7.13. The van der Waals surface area contributed by atoms with E-state index in [1.165, 1.54) is 43.4 Å². The number of hydrogen-bond acceptors (Lipinski definition) is 7. The van der Waals surface area contributed by atoms with E-state index in [4.69, 9.17) is 14.8 Å². The van der Waals surface area contributed by atoms with Crippen LogP contribution in [0.1, 0.15) is 25.7 Å². The second kappa shape index (κ2) is 9.03. The van der Waals surface area contributed by atoms with Gasteiger partial charge in [-0.2, -0.15) is 4.52 Å². The maximum atomic E-state index is 13.9. The average Bonchev–Trinajstić information content (AvgIpc) is 3.52. The van der Waals surface area contributed by atoms with Gasteiger partial charge in [-0.25, -0.2) is 9.37 Å². The van der Waals surface area contributed by atoms with Crippen molar-refractivity contribution in [1.29, 1.82) is 0 Å². The number of halogens is 1. The van der Waals surface area contributed by atoms with E-state index >= 15 is 0 Å². The van der Waals surface area contributed by atoms with Crippen LogP contribution in [0.25, 0.3) is 16.2 Å². The quantitative estimate of drug-likeness (QED) is 0.611. The van der Waals surface area contributed by atoms with Gasteiger partial charge in [0.05, 0.1) is 0 Å². The molecule has 0 bridgehead atoms. The van der Waals surface area contributed by atoms with Crippen LogP contribution in [0.15, 0.2) is 24.3 Å². The molecule has 170 valence electrons. The highest BCUT2D eigenvalue weighted by atomic mass is 32.1. The Balaban J connectivity index is 1.42. The number of methoxy groups -OCH3 is 1. The summed E-state index contributed by atoms with van der Waals surface area (Å²) in [5.74, 6) is 0.568. The summed E-state index contributed by atoms with van der Waals surface area (Å²) in [6.45, 7) is 2.84. The lowest BCUT2D eigenvalue weighted by Crippen LogP contribution is -2.49. The summed E-state index contributed by atoms with van der Waals surface area (Å²) in [4.78, 5) is 21.7. The monoisotopic (exact) mass is 458 g/mol. The molecule has 0 spiro atoms. The Morgan fingerprint density at radius 2 is 2.03 bits per heavy atom. The number of carbonyl (C=O) groups is 1. The van der Waals surface area contributed by atoms with Crippen molar-refractivity contribution < 1.29 is 13.9 Å². The molecule has 3 heterocycles. The second-order valence-corrected chi connectivity index (χ2v) is 9.26. The third-order valence-electron chi connectivity index (χ3n) is 6.16. The van der Waals surface area contributed by atoms with Gasteiger partial charge in [0.15, 0.2) is 5.82 Å². The maximum Gasteiger partial charge on any atom is 0.248 e. The van der Waals surface area contributed by atoms with Crippen molar-refractivity contribution in [2.75, 3.05) is 50.1 Å². The lowest BCUT2D eigenvalue weighted by molar-refractivity contribution is -0.135. The van der Waals surface area contributed by atoms with Gasteiger partial charge in [-0.05, 0) is 25.0 Å². The molecule has 0 unspecified atom stereocenters. The number of anilines is 2. The third kappa shape index (κ3) is 4.16. The van der Waals surface area contributed by atoms with Crippen molar-refractivity contribution >= 4 is 33.2 Å². The molecule has 0 atom stereocenters. The summed E-state index contributed by atoms with van der Waals surface area (Å²) in [6, 6.07) is 6.93. The number of fused-ring (bicyclic) bond motifs is 1. The van der Waals surface area contributed by atoms with Crippen LogP contribution in [-0.2, 0) is 9.53 Å². The normalized spacial score (nSPS) is 17.4. The molecule has 1 saturated heterocycles. The van der Waals surface area contributed by atoms with Gasteiger partial charge in [0.1, 0.15) is 18.1 Å². The van der Waals surface area contributed by atoms with Crippen molar-refractivity contribution in [2.24, 2.45) is 0 Å². The maximum absolute atomic E-state index is 13.9. The van der Waals surface area contributed by atoms with E-state index in [1.54, 1.807) is 6.07 Å². The Bertz CT molecular complexity index is 1100. The van der Waals surface area contributed by atoms with Crippen LogP contribution in [0.3, 0.4) is 0 Å². The minimum Gasteiger partial charge on any atom is -0.375 e. The molecule has 8 nitrogen and oxygen atoms in total. The van der Waals surface area contributed by atoms with E-state index in [-0.39, 0.29) is 18.3 Å². The van der Waals surface area contributed by atoms with E-state index in [2.05, 4.69) is 10.2 Å². The summed E-state index contributed by atoms with van der Waals surface area (Å²) < 4.78 is 20.7. The second-order valence-electron chi connectivity index (χ2n) is 8.32. The minimum absolute atomic E-state index is 0.0175.